The van der Waals surface area contributed by atoms with E-state index in [9.17, 15) is 4.79 Å². The van der Waals surface area contributed by atoms with Gasteiger partial charge in [-0.3, -0.25) is 14.3 Å². The molecule has 2 fully saturated rings. The number of aryl methyl sites for hydroxylation is 1. The first-order valence-electron chi connectivity index (χ1n) is 10.1. The zero-order chi connectivity index (χ0) is 17.9. The lowest BCUT2D eigenvalue weighted by Crippen LogP contribution is -2.45. The van der Waals surface area contributed by atoms with Crippen molar-refractivity contribution in [2.75, 3.05) is 13.7 Å². The average molecular weight is 355 g/mol. The van der Waals surface area contributed by atoms with E-state index in [1.807, 2.05) is 18.2 Å². The Morgan fingerprint density at radius 3 is 2.77 bits per heavy atom. The summed E-state index contributed by atoms with van der Waals surface area (Å²) in [5, 5.41) is 0.642. The fraction of sp³-hybridized carbons (Fsp3) is 0.619. The Kier molecular flexibility index (Phi) is 5.25. The van der Waals surface area contributed by atoms with Gasteiger partial charge in [0.25, 0.3) is 5.56 Å². The fourth-order valence-corrected chi connectivity index (χ4v) is 4.82. The van der Waals surface area contributed by atoms with E-state index in [1.165, 1.54) is 51.5 Å². The number of aromatic nitrogens is 2. The molecule has 26 heavy (non-hydrogen) atoms. The van der Waals surface area contributed by atoms with E-state index >= 15 is 0 Å². The SMILES string of the molecule is COc1cccc2c(=O)n(CC[C@@H]3CCCCN3C3CCCC3)cnc12. The van der Waals surface area contributed by atoms with E-state index in [-0.39, 0.29) is 5.56 Å². The minimum absolute atomic E-state index is 0.0390. The summed E-state index contributed by atoms with van der Waals surface area (Å²) in [6.07, 6.45) is 12.1. The van der Waals surface area contributed by atoms with E-state index in [2.05, 4.69) is 9.88 Å². The molecule has 140 valence electrons. The van der Waals surface area contributed by atoms with Gasteiger partial charge in [0.2, 0.25) is 0 Å². The summed E-state index contributed by atoms with van der Waals surface area (Å²) in [7, 11) is 1.61. The summed E-state index contributed by atoms with van der Waals surface area (Å²) in [6.45, 7) is 1.98. The lowest BCUT2D eigenvalue weighted by molar-refractivity contribution is 0.0880. The highest BCUT2D eigenvalue weighted by atomic mass is 16.5. The lowest BCUT2D eigenvalue weighted by Gasteiger charge is -2.40. The Balaban J connectivity index is 1.51. The molecule has 0 bridgehead atoms. The van der Waals surface area contributed by atoms with E-state index in [4.69, 9.17) is 4.74 Å². The van der Waals surface area contributed by atoms with Gasteiger partial charge < -0.3 is 4.74 Å². The Morgan fingerprint density at radius 2 is 1.96 bits per heavy atom. The molecule has 1 saturated carbocycles. The number of fused-ring (bicyclic) bond motifs is 1. The fourth-order valence-electron chi connectivity index (χ4n) is 4.82. The van der Waals surface area contributed by atoms with Gasteiger partial charge in [-0.15, -0.1) is 0 Å². The lowest BCUT2D eigenvalue weighted by atomic mass is 9.96. The molecule has 1 aromatic carbocycles. The molecule has 4 rings (SSSR count). The number of likely N-dealkylation sites (tertiary alicyclic amines) is 1. The number of hydrogen-bond acceptors (Lipinski definition) is 4. The average Bonchev–Trinajstić information content (AvgIpc) is 3.22. The second-order valence-electron chi connectivity index (χ2n) is 7.71. The van der Waals surface area contributed by atoms with Crippen LogP contribution in [0.15, 0.2) is 29.3 Å². The highest BCUT2D eigenvalue weighted by Crippen LogP contribution is 2.30. The van der Waals surface area contributed by atoms with Crippen molar-refractivity contribution in [3.05, 3.63) is 34.9 Å². The molecular formula is C21H29N3O2. The van der Waals surface area contributed by atoms with E-state index in [0.717, 1.165) is 19.0 Å². The maximum absolute atomic E-state index is 12.9. The Bertz CT molecular complexity index is 810. The van der Waals surface area contributed by atoms with Gasteiger partial charge in [-0.1, -0.05) is 25.3 Å². The third-order valence-electron chi connectivity index (χ3n) is 6.21. The minimum Gasteiger partial charge on any atom is -0.494 e. The molecule has 0 unspecified atom stereocenters. The molecule has 1 aliphatic heterocycles. The standard InChI is InChI=1S/C21H29N3O2/c1-26-19-11-6-10-18-20(19)22-15-23(21(18)25)14-12-17-9-4-5-13-24(17)16-7-2-3-8-16/h6,10-11,15-17H,2-5,7-9,12-14H2,1H3/t17-/m0/s1. The van der Waals surface area contributed by atoms with Crippen LogP contribution in [0.25, 0.3) is 10.9 Å². The van der Waals surface area contributed by atoms with Gasteiger partial charge >= 0.3 is 0 Å². The minimum atomic E-state index is 0.0390. The second kappa shape index (κ2) is 7.78. The predicted octanol–water partition coefficient (Wildman–Crippen LogP) is 3.59. The molecule has 5 nitrogen and oxygen atoms in total. The van der Waals surface area contributed by atoms with Crippen molar-refractivity contribution in [1.82, 2.24) is 14.5 Å². The summed E-state index contributed by atoms with van der Waals surface area (Å²) in [5.74, 6) is 0.659. The van der Waals surface area contributed by atoms with Gasteiger partial charge in [0.1, 0.15) is 11.3 Å². The second-order valence-corrected chi connectivity index (χ2v) is 7.71. The van der Waals surface area contributed by atoms with Gasteiger partial charge in [0.15, 0.2) is 0 Å². The maximum Gasteiger partial charge on any atom is 0.261 e. The van der Waals surface area contributed by atoms with E-state index in [0.29, 0.717) is 22.7 Å². The first-order chi connectivity index (χ1) is 12.8. The quantitative estimate of drug-likeness (QED) is 0.822. The summed E-state index contributed by atoms with van der Waals surface area (Å²) < 4.78 is 7.11. The number of methoxy groups -OCH3 is 1. The summed E-state index contributed by atoms with van der Waals surface area (Å²) >= 11 is 0. The highest BCUT2D eigenvalue weighted by molar-refractivity contribution is 5.83. The molecule has 0 amide bonds. The van der Waals surface area contributed by atoms with Crippen LogP contribution in [0.5, 0.6) is 5.75 Å². The smallest absolute Gasteiger partial charge is 0.261 e. The number of para-hydroxylation sites is 1. The molecular weight excluding hydrogens is 326 g/mol. The van der Waals surface area contributed by atoms with Gasteiger partial charge in [0.05, 0.1) is 18.8 Å². The molecule has 1 atom stereocenters. The van der Waals surface area contributed by atoms with Crippen LogP contribution >= 0.6 is 0 Å². The number of rotatable bonds is 5. The van der Waals surface area contributed by atoms with Crippen LogP contribution < -0.4 is 10.3 Å². The van der Waals surface area contributed by atoms with Crippen molar-refractivity contribution in [3.63, 3.8) is 0 Å². The molecule has 0 radical (unpaired) electrons. The Morgan fingerprint density at radius 1 is 1.15 bits per heavy atom. The van der Waals surface area contributed by atoms with Gasteiger partial charge in [0, 0.05) is 18.6 Å². The van der Waals surface area contributed by atoms with Gasteiger partial charge in [-0.2, -0.15) is 0 Å². The molecule has 2 aromatic rings. The first-order valence-corrected chi connectivity index (χ1v) is 10.1. The van der Waals surface area contributed by atoms with Crippen LogP contribution in [0.3, 0.4) is 0 Å². The molecule has 1 aliphatic carbocycles. The number of piperidine rings is 1. The van der Waals surface area contributed by atoms with Gasteiger partial charge in [-0.05, 0) is 50.8 Å². The summed E-state index contributed by atoms with van der Waals surface area (Å²) in [5.41, 5.74) is 0.693. The molecule has 5 heteroatoms. The largest absolute Gasteiger partial charge is 0.494 e. The highest BCUT2D eigenvalue weighted by Gasteiger charge is 2.30. The maximum atomic E-state index is 12.9. The Labute approximate surface area is 155 Å². The molecule has 0 spiro atoms. The van der Waals surface area contributed by atoms with Gasteiger partial charge in [-0.25, -0.2) is 4.98 Å². The first kappa shape index (κ1) is 17.5. The van der Waals surface area contributed by atoms with Crippen LogP contribution in [0.4, 0.5) is 0 Å². The number of hydrogen-bond donors (Lipinski definition) is 0. The topological polar surface area (TPSA) is 47.4 Å². The third-order valence-corrected chi connectivity index (χ3v) is 6.21. The van der Waals surface area contributed by atoms with Crippen LogP contribution in [-0.2, 0) is 6.54 Å². The number of nitrogens with zero attached hydrogens (tertiary/aromatic N) is 3. The normalized spacial score (nSPS) is 22.1. The van der Waals surface area contributed by atoms with Crippen LogP contribution in [-0.4, -0.2) is 40.2 Å². The van der Waals surface area contributed by atoms with Crippen molar-refractivity contribution in [3.8, 4) is 5.75 Å². The van der Waals surface area contributed by atoms with Crippen LogP contribution in [0.1, 0.15) is 51.4 Å². The predicted molar refractivity (Wildman–Crippen MR) is 104 cm³/mol. The van der Waals surface area contributed by atoms with Crippen LogP contribution in [0.2, 0.25) is 0 Å². The Hall–Kier alpha value is -1.88. The van der Waals surface area contributed by atoms with Crippen molar-refractivity contribution in [2.24, 2.45) is 0 Å². The van der Waals surface area contributed by atoms with Crippen molar-refractivity contribution in [1.29, 1.82) is 0 Å². The molecule has 1 saturated heterocycles. The number of ether oxygens (including phenoxy) is 1. The van der Waals surface area contributed by atoms with Crippen LogP contribution in [0, 0.1) is 0 Å². The molecule has 0 N–H and O–H groups in total. The summed E-state index contributed by atoms with van der Waals surface area (Å²) in [4.78, 5) is 20.1. The zero-order valence-electron chi connectivity index (χ0n) is 15.7. The van der Waals surface area contributed by atoms with Crippen molar-refractivity contribution in [2.45, 2.75) is 70.0 Å². The number of benzene rings is 1. The monoisotopic (exact) mass is 355 g/mol. The molecule has 2 heterocycles. The van der Waals surface area contributed by atoms with E-state index in [1.54, 1.807) is 18.0 Å². The molecule has 2 aliphatic rings. The van der Waals surface area contributed by atoms with Crippen molar-refractivity contribution < 1.29 is 4.74 Å². The van der Waals surface area contributed by atoms with E-state index < -0.39 is 0 Å². The zero-order valence-corrected chi connectivity index (χ0v) is 15.7. The van der Waals surface area contributed by atoms with Crippen molar-refractivity contribution >= 4 is 10.9 Å². The summed E-state index contributed by atoms with van der Waals surface area (Å²) in [6, 6.07) is 6.93. The molecule has 1 aromatic heterocycles. The third kappa shape index (κ3) is 3.37.